The summed E-state index contributed by atoms with van der Waals surface area (Å²) < 4.78 is 2.47. The summed E-state index contributed by atoms with van der Waals surface area (Å²) in [5.74, 6) is 0. The highest BCUT2D eigenvalue weighted by atomic mass is 15.0. The molecular formula is C41H34N2. The number of fused-ring (bicyclic) bond motifs is 6. The number of nitrogens with zero attached hydrogens (tertiary/aromatic N) is 1. The van der Waals surface area contributed by atoms with Gasteiger partial charge in [0.1, 0.15) is 0 Å². The monoisotopic (exact) mass is 554 g/mol. The molecule has 0 spiro atoms. The SMILES string of the molecule is CC1(C)c2ccccc2-c2cc3c(cc21)c1cc(-c2ccccc2)ccc1n3-c1cccc(CNCc2ccccc2)c1. The second kappa shape index (κ2) is 10.1. The average Bonchev–Trinajstić information content (AvgIpc) is 3.49. The van der Waals surface area contributed by atoms with Gasteiger partial charge in [-0.3, -0.25) is 0 Å². The van der Waals surface area contributed by atoms with Crippen LogP contribution in [0.15, 0.2) is 140 Å². The topological polar surface area (TPSA) is 17.0 Å². The molecule has 0 radical (unpaired) electrons. The maximum atomic E-state index is 3.64. The second-order valence-corrected chi connectivity index (χ2v) is 12.3. The molecule has 0 saturated heterocycles. The van der Waals surface area contributed by atoms with Crippen molar-refractivity contribution in [2.45, 2.75) is 32.4 Å². The standard InChI is InChI=1S/C41H34N2/c1-41(2)37-19-10-9-18-33(37)34-25-40-36(24-38(34)41)35-23-31(30-15-7-4-8-16-30)20-21-39(35)43(40)32-17-11-14-29(22-32)27-42-26-28-12-5-3-6-13-28/h3-25,42H,26-27H2,1-2H3. The minimum Gasteiger partial charge on any atom is -0.309 e. The molecule has 7 aromatic rings. The van der Waals surface area contributed by atoms with Crippen LogP contribution >= 0.6 is 0 Å². The van der Waals surface area contributed by atoms with Crippen molar-refractivity contribution >= 4 is 21.8 Å². The second-order valence-electron chi connectivity index (χ2n) is 12.3. The lowest BCUT2D eigenvalue weighted by Crippen LogP contribution is -2.14. The third-order valence-electron chi connectivity index (χ3n) is 9.25. The van der Waals surface area contributed by atoms with E-state index < -0.39 is 0 Å². The van der Waals surface area contributed by atoms with Gasteiger partial charge in [0.25, 0.3) is 0 Å². The zero-order valence-electron chi connectivity index (χ0n) is 24.6. The van der Waals surface area contributed by atoms with Crippen molar-refractivity contribution in [1.82, 2.24) is 9.88 Å². The first kappa shape index (κ1) is 25.8. The smallest absolute Gasteiger partial charge is 0.0547 e. The Bertz CT molecular complexity index is 2120. The fourth-order valence-electron chi connectivity index (χ4n) is 7.05. The Labute approximate surface area is 253 Å². The molecule has 0 aliphatic heterocycles. The Morgan fingerprint density at radius 3 is 2.05 bits per heavy atom. The van der Waals surface area contributed by atoms with Crippen LogP contribution in [0.1, 0.15) is 36.1 Å². The molecule has 2 nitrogen and oxygen atoms in total. The highest BCUT2D eigenvalue weighted by Gasteiger charge is 2.36. The summed E-state index contributed by atoms with van der Waals surface area (Å²) in [6.07, 6.45) is 0. The van der Waals surface area contributed by atoms with Crippen LogP contribution in [0, 0.1) is 0 Å². The molecule has 0 saturated carbocycles. The fraction of sp³-hybridized carbons (Fsp3) is 0.122. The Morgan fingerprint density at radius 2 is 1.21 bits per heavy atom. The van der Waals surface area contributed by atoms with E-state index in [4.69, 9.17) is 0 Å². The van der Waals surface area contributed by atoms with Crippen LogP contribution in [0.5, 0.6) is 0 Å². The summed E-state index contributed by atoms with van der Waals surface area (Å²) in [6, 6.07) is 51.1. The number of nitrogens with one attached hydrogen (secondary N) is 1. The molecule has 1 N–H and O–H groups in total. The summed E-state index contributed by atoms with van der Waals surface area (Å²) in [5, 5.41) is 6.23. The lowest BCUT2D eigenvalue weighted by Gasteiger charge is -2.21. The average molecular weight is 555 g/mol. The van der Waals surface area contributed by atoms with Crippen molar-refractivity contribution in [1.29, 1.82) is 0 Å². The van der Waals surface area contributed by atoms with Gasteiger partial charge in [-0.25, -0.2) is 0 Å². The number of rotatable bonds is 6. The molecule has 6 aromatic carbocycles. The molecule has 0 fully saturated rings. The molecule has 0 amide bonds. The molecular weight excluding hydrogens is 520 g/mol. The van der Waals surface area contributed by atoms with Gasteiger partial charge < -0.3 is 9.88 Å². The molecule has 0 bridgehead atoms. The number of aromatic nitrogens is 1. The Balaban J connectivity index is 1.30. The van der Waals surface area contributed by atoms with E-state index in [1.54, 1.807) is 0 Å². The van der Waals surface area contributed by atoms with Gasteiger partial charge in [0.05, 0.1) is 11.0 Å². The van der Waals surface area contributed by atoms with Gasteiger partial charge in [-0.2, -0.15) is 0 Å². The van der Waals surface area contributed by atoms with E-state index in [1.165, 1.54) is 72.0 Å². The van der Waals surface area contributed by atoms with Crippen molar-refractivity contribution in [3.05, 3.63) is 162 Å². The van der Waals surface area contributed by atoms with E-state index >= 15 is 0 Å². The lowest BCUT2D eigenvalue weighted by molar-refractivity contribution is 0.661. The van der Waals surface area contributed by atoms with Gasteiger partial charge in [0.2, 0.25) is 0 Å². The highest BCUT2D eigenvalue weighted by molar-refractivity contribution is 6.12. The zero-order chi connectivity index (χ0) is 29.0. The van der Waals surface area contributed by atoms with Crippen molar-refractivity contribution in [3.8, 4) is 27.9 Å². The molecule has 43 heavy (non-hydrogen) atoms. The number of hydrogen-bond donors (Lipinski definition) is 1. The van der Waals surface area contributed by atoms with Crippen LogP contribution in [0.3, 0.4) is 0 Å². The first-order valence-electron chi connectivity index (χ1n) is 15.2. The molecule has 1 aliphatic rings. The minimum atomic E-state index is -0.0457. The van der Waals surface area contributed by atoms with Gasteiger partial charge in [0, 0.05) is 35.0 Å². The fourth-order valence-corrected chi connectivity index (χ4v) is 7.05. The number of benzene rings is 6. The minimum absolute atomic E-state index is 0.0457. The van der Waals surface area contributed by atoms with Crippen molar-refractivity contribution in [2.75, 3.05) is 0 Å². The Kier molecular flexibility index (Phi) is 6.06. The molecule has 0 unspecified atom stereocenters. The normalized spacial score (nSPS) is 13.3. The first-order valence-corrected chi connectivity index (χ1v) is 15.2. The van der Waals surface area contributed by atoms with Crippen LogP contribution < -0.4 is 5.32 Å². The van der Waals surface area contributed by atoms with Crippen molar-refractivity contribution in [3.63, 3.8) is 0 Å². The summed E-state index contributed by atoms with van der Waals surface area (Å²) in [7, 11) is 0. The molecule has 8 rings (SSSR count). The van der Waals surface area contributed by atoms with Crippen LogP contribution in [-0.2, 0) is 18.5 Å². The van der Waals surface area contributed by atoms with Crippen LogP contribution in [0.2, 0.25) is 0 Å². The third-order valence-corrected chi connectivity index (χ3v) is 9.25. The predicted octanol–water partition coefficient (Wildman–Crippen LogP) is 10.0. The summed E-state index contributed by atoms with van der Waals surface area (Å²) >= 11 is 0. The molecule has 208 valence electrons. The maximum absolute atomic E-state index is 3.64. The van der Waals surface area contributed by atoms with Gasteiger partial charge >= 0.3 is 0 Å². The summed E-state index contributed by atoms with van der Waals surface area (Å²) in [5.41, 5.74) is 14.2. The third kappa shape index (κ3) is 4.29. The Morgan fingerprint density at radius 1 is 0.512 bits per heavy atom. The van der Waals surface area contributed by atoms with E-state index in [0.29, 0.717) is 0 Å². The van der Waals surface area contributed by atoms with Crippen molar-refractivity contribution in [2.24, 2.45) is 0 Å². The first-order chi connectivity index (χ1) is 21.1. The van der Waals surface area contributed by atoms with E-state index in [9.17, 15) is 0 Å². The van der Waals surface area contributed by atoms with Crippen LogP contribution in [0.4, 0.5) is 0 Å². The highest BCUT2D eigenvalue weighted by Crippen LogP contribution is 2.51. The van der Waals surface area contributed by atoms with Crippen molar-refractivity contribution < 1.29 is 0 Å². The van der Waals surface area contributed by atoms with E-state index in [0.717, 1.165) is 13.1 Å². The van der Waals surface area contributed by atoms with Crippen LogP contribution in [-0.4, -0.2) is 4.57 Å². The quantitative estimate of drug-likeness (QED) is 0.216. The molecule has 1 aromatic heterocycles. The van der Waals surface area contributed by atoms with E-state index in [-0.39, 0.29) is 5.41 Å². The Hall–Kier alpha value is -4.92. The van der Waals surface area contributed by atoms with E-state index in [2.05, 4.69) is 163 Å². The molecule has 0 atom stereocenters. The van der Waals surface area contributed by atoms with Gasteiger partial charge in [-0.05, 0) is 80.9 Å². The van der Waals surface area contributed by atoms with Gasteiger partial charge in [0.15, 0.2) is 0 Å². The summed E-state index contributed by atoms with van der Waals surface area (Å²) in [4.78, 5) is 0. The van der Waals surface area contributed by atoms with E-state index in [1.807, 2.05) is 0 Å². The number of hydrogen-bond acceptors (Lipinski definition) is 1. The largest absolute Gasteiger partial charge is 0.309 e. The summed E-state index contributed by atoms with van der Waals surface area (Å²) in [6.45, 7) is 6.40. The molecule has 1 heterocycles. The van der Waals surface area contributed by atoms with Crippen LogP contribution in [0.25, 0.3) is 49.7 Å². The zero-order valence-corrected chi connectivity index (χ0v) is 24.6. The lowest BCUT2D eigenvalue weighted by atomic mass is 9.82. The van der Waals surface area contributed by atoms with Gasteiger partial charge in [-0.1, -0.05) is 117 Å². The molecule has 1 aliphatic carbocycles. The molecule has 2 heteroatoms. The maximum Gasteiger partial charge on any atom is 0.0547 e. The van der Waals surface area contributed by atoms with Gasteiger partial charge in [-0.15, -0.1) is 0 Å². The predicted molar refractivity (Wildman–Crippen MR) is 181 cm³/mol.